The molecule has 0 bridgehead atoms. The summed E-state index contributed by atoms with van der Waals surface area (Å²) >= 11 is 6.03. The molecule has 2 heterocycles. The van der Waals surface area contributed by atoms with Crippen molar-refractivity contribution in [2.75, 3.05) is 13.2 Å². The Morgan fingerprint density at radius 1 is 1.43 bits per heavy atom. The summed E-state index contributed by atoms with van der Waals surface area (Å²) in [7, 11) is 0. The summed E-state index contributed by atoms with van der Waals surface area (Å²) in [4.78, 5) is 4.43. The fourth-order valence-corrected chi connectivity index (χ4v) is 2.85. The van der Waals surface area contributed by atoms with E-state index in [-0.39, 0.29) is 0 Å². The highest BCUT2D eigenvalue weighted by molar-refractivity contribution is 6.30. The lowest BCUT2D eigenvalue weighted by Gasteiger charge is -2.12. The Labute approximate surface area is 130 Å². The van der Waals surface area contributed by atoms with Crippen molar-refractivity contribution >= 4 is 11.6 Å². The second-order valence-electron chi connectivity index (χ2n) is 5.37. The number of benzene rings is 1. The standard InChI is InChI=1S/C16H20ClN3O/c17-14-4-1-3-13(9-14)12-20-7-6-19-16(20)11-18-10-15-5-2-8-21-15/h1,3-4,6-7,9,15,18H,2,5,8,10-12H2/t15-/m0/s1. The van der Waals surface area contributed by atoms with Crippen LogP contribution in [0.15, 0.2) is 36.7 Å². The first kappa shape index (κ1) is 14.6. The number of hydrogen-bond donors (Lipinski definition) is 1. The summed E-state index contributed by atoms with van der Waals surface area (Å²) in [6, 6.07) is 7.94. The predicted octanol–water partition coefficient (Wildman–Crippen LogP) is 2.85. The van der Waals surface area contributed by atoms with Crippen molar-refractivity contribution in [3.8, 4) is 0 Å². The Kier molecular flexibility index (Phi) is 4.91. The SMILES string of the molecule is Clc1cccc(Cn2ccnc2CNC[C@@H]2CCCO2)c1. The third-order valence-corrected chi connectivity index (χ3v) is 3.96. The first-order chi connectivity index (χ1) is 10.3. The monoisotopic (exact) mass is 305 g/mol. The minimum absolute atomic E-state index is 0.362. The summed E-state index contributed by atoms with van der Waals surface area (Å²) in [6.45, 7) is 3.34. The van der Waals surface area contributed by atoms with Crippen molar-refractivity contribution < 1.29 is 4.74 Å². The molecule has 1 aliphatic rings. The largest absolute Gasteiger partial charge is 0.377 e. The Hall–Kier alpha value is -1.36. The van der Waals surface area contributed by atoms with Gasteiger partial charge in [0, 0.05) is 37.1 Å². The van der Waals surface area contributed by atoms with Gasteiger partial charge in [-0.25, -0.2) is 4.98 Å². The van der Waals surface area contributed by atoms with Crippen molar-refractivity contribution in [1.82, 2.24) is 14.9 Å². The molecule has 1 fully saturated rings. The summed E-state index contributed by atoms with van der Waals surface area (Å²) in [5, 5.41) is 4.20. The lowest BCUT2D eigenvalue weighted by molar-refractivity contribution is 0.109. The molecule has 0 aliphatic carbocycles. The number of halogens is 1. The van der Waals surface area contributed by atoms with Crippen molar-refractivity contribution in [3.63, 3.8) is 0 Å². The second kappa shape index (κ2) is 7.07. The highest BCUT2D eigenvalue weighted by atomic mass is 35.5. The first-order valence-electron chi connectivity index (χ1n) is 7.38. The number of hydrogen-bond acceptors (Lipinski definition) is 3. The second-order valence-corrected chi connectivity index (χ2v) is 5.80. The summed E-state index contributed by atoms with van der Waals surface area (Å²) in [6.07, 6.45) is 6.54. The maximum atomic E-state index is 6.03. The van der Waals surface area contributed by atoms with Crippen LogP contribution < -0.4 is 5.32 Å². The molecule has 1 aliphatic heterocycles. The van der Waals surface area contributed by atoms with E-state index in [1.54, 1.807) is 0 Å². The number of rotatable bonds is 6. The lowest BCUT2D eigenvalue weighted by atomic mass is 10.2. The molecule has 0 unspecified atom stereocenters. The third kappa shape index (κ3) is 4.06. The number of ether oxygens (including phenoxy) is 1. The Morgan fingerprint density at radius 2 is 2.38 bits per heavy atom. The van der Waals surface area contributed by atoms with Gasteiger partial charge < -0.3 is 14.6 Å². The minimum atomic E-state index is 0.362. The van der Waals surface area contributed by atoms with Gasteiger partial charge in [-0.2, -0.15) is 0 Å². The van der Waals surface area contributed by atoms with Gasteiger partial charge in [-0.1, -0.05) is 23.7 Å². The molecule has 4 nitrogen and oxygen atoms in total. The van der Waals surface area contributed by atoms with E-state index in [0.29, 0.717) is 6.10 Å². The zero-order valence-electron chi connectivity index (χ0n) is 12.0. The van der Waals surface area contributed by atoms with Crippen LogP contribution in [0.3, 0.4) is 0 Å². The highest BCUT2D eigenvalue weighted by Crippen LogP contribution is 2.13. The summed E-state index contributed by atoms with van der Waals surface area (Å²) < 4.78 is 7.75. The van der Waals surface area contributed by atoms with Gasteiger partial charge in [0.05, 0.1) is 12.6 Å². The average molecular weight is 306 g/mol. The molecule has 1 aromatic heterocycles. The van der Waals surface area contributed by atoms with Crippen molar-refractivity contribution in [3.05, 3.63) is 53.1 Å². The molecule has 0 radical (unpaired) electrons. The van der Waals surface area contributed by atoms with Crippen molar-refractivity contribution in [2.45, 2.75) is 32.0 Å². The van der Waals surface area contributed by atoms with Crippen LogP contribution >= 0.6 is 11.6 Å². The van der Waals surface area contributed by atoms with E-state index in [0.717, 1.165) is 43.5 Å². The van der Waals surface area contributed by atoms with Gasteiger partial charge in [0.15, 0.2) is 0 Å². The minimum Gasteiger partial charge on any atom is -0.377 e. The van der Waals surface area contributed by atoms with Crippen LogP contribution in [0.1, 0.15) is 24.2 Å². The van der Waals surface area contributed by atoms with Crippen LogP contribution in [-0.2, 0) is 17.8 Å². The third-order valence-electron chi connectivity index (χ3n) is 3.72. The Morgan fingerprint density at radius 3 is 3.19 bits per heavy atom. The van der Waals surface area contributed by atoms with E-state index in [4.69, 9.17) is 16.3 Å². The molecule has 1 atom stereocenters. The topological polar surface area (TPSA) is 39.1 Å². The normalized spacial score (nSPS) is 18.2. The molecule has 0 spiro atoms. The predicted molar refractivity (Wildman–Crippen MR) is 83.5 cm³/mol. The van der Waals surface area contributed by atoms with Crippen LogP contribution in [0.2, 0.25) is 5.02 Å². The van der Waals surface area contributed by atoms with Gasteiger partial charge in [-0.3, -0.25) is 0 Å². The summed E-state index contributed by atoms with van der Waals surface area (Å²) in [5.41, 5.74) is 1.18. The fraction of sp³-hybridized carbons (Fsp3) is 0.438. The number of aromatic nitrogens is 2. The highest BCUT2D eigenvalue weighted by Gasteiger charge is 2.14. The van der Waals surface area contributed by atoms with Crippen molar-refractivity contribution in [2.24, 2.45) is 0 Å². The fourth-order valence-electron chi connectivity index (χ4n) is 2.63. The maximum Gasteiger partial charge on any atom is 0.122 e. The molecule has 21 heavy (non-hydrogen) atoms. The maximum absolute atomic E-state index is 6.03. The molecule has 1 N–H and O–H groups in total. The molecular weight excluding hydrogens is 286 g/mol. The molecule has 0 saturated carbocycles. The molecule has 1 aromatic carbocycles. The van der Waals surface area contributed by atoms with Crippen LogP contribution in [0.25, 0.3) is 0 Å². The smallest absolute Gasteiger partial charge is 0.122 e. The van der Waals surface area contributed by atoms with Gasteiger partial charge >= 0.3 is 0 Å². The van der Waals surface area contributed by atoms with Gasteiger partial charge in [-0.05, 0) is 30.5 Å². The zero-order valence-corrected chi connectivity index (χ0v) is 12.7. The lowest BCUT2D eigenvalue weighted by Crippen LogP contribution is -2.27. The van der Waals surface area contributed by atoms with Crippen LogP contribution in [0.4, 0.5) is 0 Å². The van der Waals surface area contributed by atoms with Crippen LogP contribution in [0.5, 0.6) is 0 Å². The van der Waals surface area contributed by atoms with E-state index >= 15 is 0 Å². The number of imidazole rings is 1. The quantitative estimate of drug-likeness (QED) is 0.892. The zero-order chi connectivity index (χ0) is 14.5. The van der Waals surface area contributed by atoms with Crippen LogP contribution in [0, 0.1) is 0 Å². The van der Waals surface area contributed by atoms with Crippen molar-refractivity contribution in [1.29, 1.82) is 0 Å². The number of nitrogens with one attached hydrogen (secondary N) is 1. The van der Waals surface area contributed by atoms with Gasteiger partial charge in [0.2, 0.25) is 0 Å². The molecule has 3 rings (SSSR count). The molecular formula is C16H20ClN3O. The van der Waals surface area contributed by atoms with E-state index in [2.05, 4.69) is 20.9 Å². The summed E-state index contributed by atoms with van der Waals surface area (Å²) in [5.74, 6) is 1.04. The molecule has 112 valence electrons. The number of nitrogens with zero attached hydrogens (tertiary/aromatic N) is 2. The molecule has 1 saturated heterocycles. The Balaban J connectivity index is 1.56. The van der Waals surface area contributed by atoms with E-state index in [9.17, 15) is 0 Å². The first-order valence-corrected chi connectivity index (χ1v) is 7.76. The van der Waals surface area contributed by atoms with E-state index in [1.165, 1.54) is 12.0 Å². The average Bonchev–Trinajstić information content (AvgIpc) is 3.12. The van der Waals surface area contributed by atoms with Gasteiger partial charge in [0.1, 0.15) is 5.82 Å². The molecule has 5 heteroatoms. The Bertz CT molecular complexity index is 578. The van der Waals surface area contributed by atoms with E-state index in [1.807, 2.05) is 30.6 Å². The van der Waals surface area contributed by atoms with E-state index < -0.39 is 0 Å². The van der Waals surface area contributed by atoms with Gasteiger partial charge in [-0.15, -0.1) is 0 Å². The molecule has 2 aromatic rings. The van der Waals surface area contributed by atoms with Gasteiger partial charge in [0.25, 0.3) is 0 Å². The van der Waals surface area contributed by atoms with Crippen LogP contribution in [-0.4, -0.2) is 28.8 Å². The molecule has 0 amide bonds.